The molecule has 0 aromatic carbocycles. The lowest BCUT2D eigenvalue weighted by atomic mass is 9.94. The van der Waals surface area contributed by atoms with E-state index in [0.717, 1.165) is 32.4 Å². The number of hydrogen-bond acceptors (Lipinski definition) is 4. The number of amides is 1. The molecule has 1 aromatic rings. The molecule has 6 heteroatoms. The predicted molar refractivity (Wildman–Crippen MR) is 74.7 cm³/mol. The molecule has 0 saturated carbocycles. The Morgan fingerprint density at radius 2 is 2.30 bits per heavy atom. The normalized spacial score (nSPS) is 18.5. The van der Waals surface area contributed by atoms with Crippen molar-refractivity contribution in [3.63, 3.8) is 0 Å². The van der Waals surface area contributed by atoms with Crippen LogP contribution in [0.25, 0.3) is 0 Å². The third kappa shape index (κ3) is 4.31. The summed E-state index contributed by atoms with van der Waals surface area (Å²) in [4.78, 5) is 26.4. The fourth-order valence-electron chi connectivity index (χ4n) is 2.35. The van der Waals surface area contributed by atoms with Gasteiger partial charge < -0.3 is 15.7 Å². The van der Waals surface area contributed by atoms with Crippen LogP contribution in [-0.4, -0.2) is 35.1 Å². The van der Waals surface area contributed by atoms with Crippen molar-refractivity contribution in [2.75, 3.05) is 18.4 Å². The van der Waals surface area contributed by atoms with E-state index in [4.69, 9.17) is 5.11 Å². The molecule has 6 nitrogen and oxygen atoms in total. The Bertz CT molecular complexity index is 484. The van der Waals surface area contributed by atoms with E-state index in [2.05, 4.69) is 15.6 Å². The average molecular weight is 277 g/mol. The van der Waals surface area contributed by atoms with Crippen LogP contribution in [0.15, 0.2) is 18.5 Å². The molecular weight excluding hydrogens is 258 g/mol. The smallest absolute Gasteiger partial charge is 0.337 e. The number of carbonyl (C=O) groups excluding carboxylic acids is 1. The van der Waals surface area contributed by atoms with Gasteiger partial charge in [0.2, 0.25) is 5.91 Å². The van der Waals surface area contributed by atoms with E-state index in [1.54, 1.807) is 0 Å². The monoisotopic (exact) mass is 277 g/mol. The van der Waals surface area contributed by atoms with E-state index >= 15 is 0 Å². The number of rotatable bonds is 5. The molecule has 1 saturated heterocycles. The highest BCUT2D eigenvalue weighted by molar-refractivity contribution is 5.93. The third-order valence-corrected chi connectivity index (χ3v) is 3.45. The topological polar surface area (TPSA) is 91.3 Å². The van der Waals surface area contributed by atoms with Crippen LogP contribution >= 0.6 is 0 Å². The first-order valence-corrected chi connectivity index (χ1v) is 6.84. The summed E-state index contributed by atoms with van der Waals surface area (Å²) in [7, 11) is 0. The molecule has 1 aromatic heterocycles. The molecule has 1 fully saturated rings. The second kappa shape index (κ2) is 7.00. The maximum Gasteiger partial charge on any atom is 0.337 e. The van der Waals surface area contributed by atoms with Crippen molar-refractivity contribution in [2.24, 2.45) is 5.92 Å². The minimum Gasteiger partial charge on any atom is -0.478 e. The van der Waals surface area contributed by atoms with Crippen molar-refractivity contribution < 1.29 is 14.7 Å². The Morgan fingerprint density at radius 1 is 1.45 bits per heavy atom. The summed E-state index contributed by atoms with van der Waals surface area (Å²) in [5.41, 5.74) is 0.496. The number of anilines is 1. The Balaban J connectivity index is 1.81. The second-order valence-electron chi connectivity index (χ2n) is 5.07. The fraction of sp³-hybridized carbons (Fsp3) is 0.500. The average Bonchev–Trinajstić information content (AvgIpc) is 2.46. The van der Waals surface area contributed by atoms with Crippen LogP contribution in [0.1, 0.15) is 36.0 Å². The number of aromatic carboxylic acids is 1. The molecular formula is C14H19N3O3. The number of pyridine rings is 1. The number of piperidine rings is 1. The van der Waals surface area contributed by atoms with Gasteiger partial charge in [-0.2, -0.15) is 0 Å². The molecule has 1 atom stereocenters. The van der Waals surface area contributed by atoms with Gasteiger partial charge in [0, 0.05) is 12.6 Å². The number of hydrogen-bond donors (Lipinski definition) is 3. The first kappa shape index (κ1) is 14.5. The van der Waals surface area contributed by atoms with E-state index in [1.165, 1.54) is 18.5 Å². The van der Waals surface area contributed by atoms with Gasteiger partial charge in [-0.25, -0.2) is 4.79 Å². The molecule has 1 aliphatic heterocycles. The van der Waals surface area contributed by atoms with E-state index in [1.807, 2.05) is 0 Å². The Morgan fingerprint density at radius 3 is 3.00 bits per heavy atom. The number of carbonyl (C=O) groups is 2. The van der Waals surface area contributed by atoms with Gasteiger partial charge in [-0.15, -0.1) is 0 Å². The van der Waals surface area contributed by atoms with Crippen molar-refractivity contribution in [1.82, 2.24) is 10.3 Å². The van der Waals surface area contributed by atoms with Crippen molar-refractivity contribution in [3.05, 3.63) is 24.0 Å². The lowest BCUT2D eigenvalue weighted by molar-refractivity contribution is -0.116. The minimum absolute atomic E-state index is 0.0688. The van der Waals surface area contributed by atoms with Gasteiger partial charge in [0.25, 0.3) is 0 Å². The van der Waals surface area contributed by atoms with Crippen LogP contribution in [-0.2, 0) is 4.79 Å². The van der Waals surface area contributed by atoms with Crippen LogP contribution in [0.4, 0.5) is 5.69 Å². The predicted octanol–water partition coefficient (Wildman–Crippen LogP) is 1.50. The van der Waals surface area contributed by atoms with E-state index < -0.39 is 5.97 Å². The van der Waals surface area contributed by atoms with Crippen LogP contribution in [0, 0.1) is 5.92 Å². The first-order valence-electron chi connectivity index (χ1n) is 6.84. The molecule has 0 radical (unpaired) electrons. The molecule has 1 unspecified atom stereocenters. The lowest BCUT2D eigenvalue weighted by Gasteiger charge is -2.22. The van der Waals surface area contributed by atoms with Crippen LogP contribution in [0.3, 0.4) is 0 Å². The maximum absolute atomic E-state index is 11.8. The van der Waals surface area contributed by atoms with Crippen LogP contribution in [0.5, 0.6) is 0 Å². The summed E-state index contributed by atoms with van der Waals surface area (Å²) in [6.07, 6.45) is 6.33. The fourth-order valence-corrected chi connectivity index (χ4v) is 2.35. The van der Waals surface area contributed by atoms with Gasteiger partial charge >= 0.3 is 5.97 Å². The van der Waals surface area contributed by atoms with Gasteiger partial charge in [0.1, 0.15) is 0 Å². The summed E-state index contributed by atoms with van der Waals surface area (Å²) in [6, 6.07) is 1.41. The molecule has 20 heavy (non-hydrogen) atoms. The zero-order chi connectivity index (χ0) is 14.4. The summed E-state index contributed by atoms with van der Waals surface area (Å²) in [5, 5.41) is 14.9. The molecule has 108 valence electrons. The van der Waals surface area contributed by atoms with Gasteiger partial charge in [0.15, 0.2) is 0 Å². The van der Waals surface area contributed by atoms with Gasteiger partial charge in [-0.1, -0.05) is 0 Å². The summed E-state index contributed by atoms with van der Waals surface area (Å²) in [6.45, 7) is 2.04. The van der Waals surface area contributed by atoms with Gasteiger partial charge in [-0.3, -0.25) is 9.78 Å². The summed E-state index contributed by atoms with van der Waals surface area (Å²) in [5.74, 6) is -0.597. The Hall–Kier alpha value is -1.95. The van der Waals surface area contributed by atoms with Crippen LogP contribution < -0.4 is 10.6 Å². The van der Waals surface area contributed by atoms with Crippen molar-refractivity contribution in [2.45, 2.75) is 25.7 Å². The zero-order valence-electron chi connectivity index (χ0n) is 11.3. The highest BCUT2D eigenvalue weighted by Crippen LogP contribution is 2.16. The largest absolute Gasteiger partial charge is 0.478 e. The maximum atomic E-state index is 11.8. The van der Waals surface area contributed by atoms with Crippen molar-refractivity contribution >= 4 is 17.6 Å². The number of carboxylic acids is 1. The van der Waals surface area contributed by atoms with Gasteiger partial charge in [0.05, 0.1) is 17.4 Å². The third-order valence-electron chi connectivity index (χ3n) is 3.45. The highest BCUT2D eigenvalue weighted by Gasteiger charge is 2.14. The van der Waals surface area contributed by atoms with E-state index in [9.17, 15) is 9.59 Å². The molecule has 0 bridgehead atoms. The molecule has 2 heterocycles. The molecule has 0 spiro atoms. The standard InChI is InChI=1S/C14H19N3O3/c18-13(4-3-10-2-1-5-15-7-10)17-12-6-11(14(19)20)8-16-9-12/h6,8-10,15H,1-5,7H2,(H,17,18)(H,19,20). The zero-order valence-corrected chi connectivity index (χ0v) is 11.3. The molecule has 3 N–H and O–H groups in total. The molecule has 2 rings (SSSR count). The minimum atomic E-state index is -1.05. The van der Waals surface area contributed by atoms with Gasteiger partial charge in [-0.05, 0) is 44.3 Å². The molecule has 1 aliphatic rings. The number of carboxylic acid groups (broad SMARTS) is 1. The summed E-state index contributed by atoms with van der Waals surface area (Å²) >= 11 is 0. The number of nitrogens with one attached hydrogen (secondary N) is 2. The quantitative estimate of drug-likeness (QED) is 0.758. The summed E-state index contributed by atoms with van der Waals surface area (Å²) < 4.78 is 0. The first-order chi connectivity index (χ1) is 9.65. The SMILES string of the molecule is O=C(CCC1CCCNC1)Nc1cncc(C(=O)O)c1. The lowest BCUT2D eigenvalue weighted by Crippen LogP contribution is -2.30. The highest BCUT2D eigenvalue weighted by atomic mass is 16.4. The van der Waals surface area contributed by atoms with Crippen LogP contribution in [0.2, 0.25) is 0 Å². The Labute approximate surface area is 117 Å². The van der Waals surface area contributed by atoms with Crippen molar-refractivity contribution in [1.29, 1.82) is 0 Å². The van der Waals surface area contributed by atoms with E-state index in [0.29, 0.717) is 18.0 Å². The second-order valence-corrected chi connectivity index (χ2v) is 5.07. The Kier molecular flexibility index (Phi) is 5.06. The number of aromatic nitrogens is 1. The molecule has 0 aliphatic carbocycles. The van der Waals surface area contributed by atoms with Crippen molar-refractivity contribution in [3.8, 4) is 0 Å². The molecule has 1 amide bonds. The van der Waals surface area contributed by atoms with E-state index in [-0.39, 0.29) is 11.5 Å². The number of nitrogens with zero attached hydrogens (tertiary/aromatic N) is 1.